The van der Waals surface area contributed by atoms with Gasteiger partial charge in [-0.3, -0.25) is 0 Å². The molecule has 2 rings (SSSR count). The lowest BCUT2D eigenvalue weighted by Crippen LogP contribution is -2.28. The van der Waals surface area contributed by atoms with E-state index in [-0.39, 0.29) is 11.6 Å². The Morgan fingerprint density at radius 1 is 1.35 bits per heavy atom. The zero-order valence-electron chi connectivity index (χ0n) is 12.1. The summed E-state index contributed by atoms with van der Waals surface area (Å²) < 4.78 is 1.83. The van der Waals surface area contributed by atoms with Crippen molar-refractivity contribution in [2.24, 2.45) is 0 Å². The van der Waals surface area contributed by atoms with Crippen molar-refractivity contribution in [2.45, 2.75) is 57.9 Å². The van der Waals surface area contributed by atoms with Gasteiger partial charge < -0.3 is 10.4 Å². The molecule has 0 radical (unpaired) electrons. The van der Waals surface area contributed by atoms with Crippen molar-refractivity contribution in [3.63, 3.8) is 0 Å². The van der Waals surface area contributed by atoms with Crippen molar-refractivity contribution in [2.75, 3.05) is 13.1 Å². The number of aromatic carboxylic acids is 1. The number of aromatic nitrogens is 3. The third-order valence-electron chi connectivity index (χ3n) is 3.93. The molecule has 0 saturated carbocycles. The minimum absolute atomic E-state index is 0.146. The standard InChI is InChI=1S/C14H24N4O2/c1-2-3-4-5-10-18-13(11-6-8-15-9-7-11)12(14(19)20)16-17-18/h11,15H,2-10H2,1H3,(H,19,20). The van der Waals surface area contributed by atoms with E-state index in [4.69, 9.17) is 0 Å². The van der Waals surface area contributed by atoms with E-state index < -0.39 is 5.97 Å². The Kier molecular flexibility index (Phi) is 5.52. The second-order valence-electron chi connectivity index (χ2n) is 5.44. The number of piperidine rings is 1. The van der Waals surface area contributed by atoms with Gasteiger partial charge in [-0.2, -0.15) is 0 Å². The number of carboxylic acid groups (broad SMARTS) is 1. The van der Waals surface area contributed by atoms with Crippen LogP contribution in [0.2, 0.25) is 0 Å². The first kappa shape index (κ1) is 15.0. The fourth-order valence-electron chi connectivity index (χ4n) is 2.83. The number of aryl methyl sites for hydroxylation is 1. The van der Waals surface area contributed by atoms with Gasteiger partial charge in [0.05, 0.1) is 5.69 Å². The highest BCUT2D eigenvalue weighted by Crippen LogP contribution is 2.27. The van der Waals surface area contributed by atoms with Gasteiger partial charge in [-0.1, -0.05) is 31.4 Å². The monoisotopic (exact) mass is 280 g/mol. The molecule has 0 aromatic carbocycles. The van der Waals surface area contributed by atoms with E-state index in [1.807, 2.05) is 4.68 Å². The number of nitrogens with zero attached hydrogens (tertiary/aromatic N) is 3. The molecule has 2 heterocycles. The average molecular weight is 280 g/mol. The van der Waals surface area contributed by atoms with Gasteiger partial charge in [0.1, 0.15) is 0 Å². The van der Waals surface area contributed by atoms with Crippen molar-refractivity contribution in [3.05, 3.63) is 11.4 Å². The van der Waals surface area contributed by atoms with Crippen LogP contribution in [0.15, 0.2) is 0 Å². The predicted molar refractivity (Wildman–Crippen MR) is 76.0 cm³/mol. The molecule has 0 amide bonds. The molecular formula is C14H24N4O2. The first-order valence-corrected chi connectivity index (χ1v) is 7.61. The molecule has 6 nitrogen and oxygen atoms in total. The SMILES string of the molecule is CCCCCCn1nnc(C(=O)O)c1C1CCNCC1. The third-order valence-corrected chi connectivity index (χ3v) is 3.93. The van der Waals surface area contributed by atoms with Gasteiger partial charge in [-0.25, -0.2) is 9.48 Å². The quantitative estimate of drug-likeness (QED) is 0.747. The first-order valence-electron chi connectivity index (χ1n) is 7.61. The van der Waals surface area contributed by atoms with E-state index in [0.29, 0.717) is 0 Å². The van der Waals surface area contributed by atoms with Gasteiger partial charge >= 0.3 is 5.97 Å². The Balaban J connectivity index is 2.11. The first-order chi connectivity index (χ1) is 9.74. The molecule has 1 fully saturated rings. The molecule has 112 valence electrons. The molecule has 0 unspecified atom stereocenters. The maximum Gasteiger partial charge on any atom is 0.358 e. The van der Waals surface area contributed by atoms with Gasteiger partial charge in [-0.15, -0.1) is 5.10 Å². The zero-order chi connectivity index (χ0) is 14.4. The van der Waals surface area contributed by atoms with Crippen molar-refractivity contribution in [1.82, 2.24) is 20.3 Å². The molecule has 6 heteroatoms. The molecule has 0 atom stereocenters. The van der Waals surface area contributed by atoms with Crippen LogP contribution in [0.4, 0.5) is 0 Å². The fraction of sp³-hybridized carbons (Fsp3) is 0.786. The highest BCUT2D eigenvalue weighted by atomic mass is 16.4. The Hall–Kier alpha value is -1.43. The lowest BCUT2D eigenvalue weighted by Gasteiger charge is -2.23. The lowest BCUT2D eigenvalue weighted by molar-refractivity contribution is 0.0688. The van der Waals surface area contributed by atoms with Crippen LogP contribution in [0, 0.1) is 0 Å². The van der Waals surface area contributed by atoms with Crippen LogP contribution in [0.5, 0.6) is 0 Å². The lowest BCUT2D eigenvalue weighted by atomic mass is 9.93. The Morgan fingerprint density at radius 2 is 2.10 bits per heavy atom. The minimum Gasteiger partial charge on any atom is -0.476 e. The number of hydrogen-bond acceptors (Lipinski definition) is 4. The van der Waals surface area contributed by atoms with E-state index in [1.165, 1.54) is 12.8 Å². The maximum absolute atomic E-state index is 11.3. The molecular weight excluding hydrogens is 256 g/mol. The summed E-state index contributed by atoms with van der Waals surface area (Å²) in [4.78, 5) is 11.3. The van der Waals surface area contributed by atoms with E-state index in [2.05, 4.69) is 22.6 Å². The molecule has 1 aromatic heterocycles. The number of unbranched alkanes of at least 4 members (excludes halogenated alkanes) is 3. The Morgan fingerprint density at radius 3 is 2.75 bits per heavy atom. The van der Waals surface area contributed by atoms with Crippen LogP contribution in [0.3, 0.4) is 0 Å². The van der Waals surface area contributed by atoms with E-state index in [0.717, 1.165) is 51.0 Å². The van der Waals surface area contributed by atoms with E-state index >= 15 is 0 Å². The summed E-state index contributed by atoms with van der Waals surface area (Å²) in [5.74, 6) is -0.693. The summed E-state index contributed by atoms with van der Waals surface area (Å²) in [5, 5.41) is 20.6. The number of rotatable bonds is 7. The predicted octanol–water partition coefficient (Wildman–Crippen LogP) is 2.02. The van der Waals surface area contributed by atoms with Crippen LogP contribution in [-0.2, 0) is 6.54 Å². The van der Waals surface area contributed by atoms with Crippen LogP contribution >= 0.6 is 0 Å². The van der Waals surface area contributed by atoms with Gasteiger partial charge in [-0.05, 0) is 32.4 Å². The van der Waals surface area contributed by atoms with E-state index in [1.54, 1.807) is 0 Å². The minimum atomic E-state index is -0.960. The van der Waals surface area contributed by atoms with Crippen molar-refractivity contribution >= 4 is 5.97 Å². The molecule has 1 saturated heterocycles. The van der Waals surface area contributed by atoms with Gasteiger partial charge in [0.15, 0.2) is 5.69 Å². The summed E-state index contributed by atoms with van der Waals surface area (Å²) in [6.07, 6.45) is 6.52. The van der Waals surface area contributed by atoms with Crippen LogP contribution in [-0.4, -0.2) is 39.2 Å². The summed E-state index contributed by atoms with van der Waals surface area (Å²) in [6, 6.07) is 0. The average Bonchev–Trinajstić information content (AvgIpc) is 2.88. The second-order valence-corrected chi connectivity index (χ2v) is 5.44. The number of nitrogens with one attached hydrogen (secondary N) is 1. The highest BCUT2D eigenvalue weighted by Gasteiger charge is 2.27. The number of hydrogen-bond donors (Lipinski definition) is 2. The van der Waals surface area contributed by atoms with Gasteiger partial charge in [0, 0.05) is 12.5 Å². The normalized spacial score (nSPS) is 16.4. The van der Waals surface area contributed by atoms with Gasteiger partial charge in [0.2, 0.25) is 0 Å². The molecule has 1 aliphatic heterocycles. The summed E-state index contributed by atoms with van der Waals surface area (Å²) in [7, 11) is 0. The summed E-state index contributed by atoms with van der Waals surface area (Å²) in [5.41, 5.74) is 0.975. The largest absolute Gasteiger partial charge is 0.476 e. The molecule has 1 aromatic rings. The smallest absolute Gasteiger partial charge is 0.358 e. The molecule has 2 N–H and O–H groups in total. The van der Waals surface area contributed by atoms with Crippen LogP contribution < -0.4 is 5.32 Å². The molecule has 0 spiro atoms. The zero-order valence-corrected chi connectivity index (χ0v) is 12.1. The van der Waals surface area contributed by atoms with Crippen molar-refractivity contribution in [1.29, 1.82) is 0 Å². The topological polar surface area (TPSA) is 80.0 Å². The number of carbonyl (C=O) groups is 1. The fourth-order valence-corrected chi connectivity index (χ4v) is 2.83. The Bertz CT molecular complexity index is 438. The van der Waals surface area contributed by atoms with Gasteiger partial charge in [0.25, 0.3) is 0 Å². The van der Waals surface area contributed by atoms with E-state index in [9.17, 15) is 9.90 Å². The molecule has 0 bridgehead atoms. The maximum atomic E-state index is 11.3. The Labute approximate surface area is 119 Å². The van der Waals surface area contributed by atoms with Crippen molar-refractivity contribution < 1.29 is 9.90 Å². The second kappa shape index (κ2) is 7.38. The molecule has 1 aliphatic rings. The van der Waals surface area contributed by atoms with Crippen LogP contribution in [0.25, 0.3) is 0 Å². The molecule has 20 heavy (non-hydrogen) atoms. The third kappa shape index (κ3) is 3.56. The summed E-state index contributed by atoms with van der Waals surface area (Å²) in [6.45, 7) is 4.83. The molecule has 0 aliphatic carbocycles. The highest BCUT2D eigenvalue weighted by molar-refractivity contribution is 5.86. The van der Waals surface area contributed by atoms with Crippen LogP contribution in [0.1, 0.15) is 67.5 Å². The number of carboxylic acids is 1. The van der Waals surface area contributed by atoms with Crippen molar-refractivity contribution in [3.8, 4) is 0 Å². The summed E-state index contributed by atoms with van der Waals surface area (Å²) >= 11 is 0.